The first-order chi connectivity index (χ1) is 15.3. The number of hydrogen-bond donors (Lipinski definition) is 1. The Kier molecular flexibility index (Phi) is 5.65. The quantitative estimate of drug-likeness (QED) is 0.592. The van der Waals surface area contributed by atoms with Gasteiger partial charge in [0, 0.05) is 24.3 Å². The van der Waals surface area contributed by atoms with Crippen LogP contribution in [0.4, 0.5) is 5.69 Å². The number of nitrogens with one attached hydrogen (secondary N) is 1. The number of para-hydroxylation sites is 1. The summed E-state index contributed by atoms with van der Waals surface area (Å²) in [6.07, 6.45) is 1.87. The molecule has 0 bridgehead atoms. The lowest BCUT2D eigenvalue weighted by molar-refractivity contribution is -0.116. The third kappa shape index (κ3) is 3.93. The zero-order valence-corrected chi connectivity index (χ0v) is 18.2. The number of carbonyl (C=O) groups excluding carboxylic acids is 2. The minimum atomic E-state index is -0.749. The Morgan fingerprint density at radius 1 is 1.22 bits per heavy atom. The molecule has 1 fully saturated rings. The van der Waals surface area contributed by atoms with Crippen molar-refractivity contribution in [1.82, 2.24) is 14.1 Å². The van der Waals surface area contributed by atoms with Crippen molar-refractivity contribution >= 4 is 28.6 Å². The molecule has 3 aromatic rings. The average Bonchev–Trinajstić information content (AvgIpc) is 3.61. The molecular formula is C23H24N4O5. The van der Waals surface area contributed by atoms with E-state index in [2.05, 4.69) is 10.3 Å². The van der Waals surface area contributed by atoms with E-state index >= 15 is 0 Å². The molecule has 0 atom stereocenters. The van der Waals surface area contributed by atoms with Crippen molar-refractivity contribution in [1.29, 1.82) is 0 Å². The van der Waals surface area contributed by atoms with E-state index < -0.39 is 29.7 Å². The van der Waals surface area contributed by atoms with Gasteiger partial charge in [0.25, 0.3) is 5.56 Å². The number of carbonyl (C=O) groups is 2. The van der Waals surface area contributed by atoms with Gasteiger partial charge in [-0.05, 0) is 44.4 Å². The van der Waals surface area contributed by atoms with Crippen LogP contribution in [0.25, 0.3) is 11.0 Å². The SMILES string of the molecule is CCOC(=O)c1cc(C2CC2)nc2c1c(=O)n(CC(=O)Nc1ccccc1C)c(=O)n2C. The highest BCUT2D eigenvalue weighted by molar-refractivity contribution is 6.02. The number of amides is 1. The molecule has 0 spiro atoms. The van der Waals surface area contributed by atoms with E-state index in [1.807, 2.05) is 19.1 Å². The lowest BCUT2D eigenvalue weighted by atomic mass is 10.1. The van der Waals surface area contributed by atoms with Crippen molar-refractivity contribution in [3.63, 3.8) is 0 Å². The molecule has 2 heterocycles. The predicted octanol–water partition coefficient (Wildman–Crippen LogP) is 2.10. The maximum absolute atomic E-state index is 13.3. The Bertz CT molecular complexity index is 1350. The molecule has 166 valence electrons. The fourth-order valence-electron chi connectivity index (χ4n) is 3.64. The molecule has 1 aliphatic rings. The summed E-state index contributed by atoms with van der Waals surface area (Å²) in [6, 6.07) is 8.76. The molecule has 32 heavy (non-hydrogen) atoms. The zero-order chi connectivity index (χ0) is 23.0. The first-order valence-electron chi connectivity index (χ1n) is 10.5. The van der Waals surface area contributed by atoms with E-state index in [9.17, 15) is 19.2 Å². The van der Waals surface area contributed by atoms with E-state index in [0.717, 1.165) is 23.0 Å². The van der Waals surface area contributed by atoms with Gasteiger partial charge < -0.3 is 10.1 Å². The normalized spacial score (nSPS) is 13.2. The smallest absolute Gasteiger partial charge is 0.339 e. The summed E-state index contributed by atoms with van der Waals surface area (Å²) in [7, 11) is 1.47. The Morgan fingerprint density at radius 3 is 2.59 bits per heavy atom. The highest BCUT2D eigenvalue weighted by atomic mass is 16.5. The van der Waals surface area contributed by atoms with Crippen molar-refractivity contribution in [2.75, 3.05) is 11.9 Å². The van der Waals surface area contributed by atoms with Crippen molar-refractivity contribution in [2.45, 2.75) is 39.2 Å². The van der Waals surface area contributed by atoms with Crippen LogP contribution >= 0.6 is 0 Å². The van der Waals surface area contributed by atoms with Crippen molar-refractivity contribution in [2.24, 2.45) is 7.05 Å². The van der Waals surface area contributed by atoms with E-state index in [-0.39, 0.29) is 29.1 Å². The summed E-state index contributed by atoms with van der Waals surface area (Å²) in [4.78, 5) is 56.0. The molecule has 2 aromatic heterocycles. The number of aryl methyl sites for hydroxylation is 2. The fraction of sp³-hybridized carbons (Fsp3) is 0.348. The van der Waals surface area contributed by atoms with Gasteiger partial charge in [0.05, 0.1) is 17.6 Å². The zero-order valence-electron chi connectivity index (χ0n) is 18.2. The van der Waals surface area contributed by atoms with Gasteiger partial charge in [-0.1, -0.05) is 18.2 Å². The first-order valence-corrected chi connectivity index (χ1v) is 10.5. The standard InChI is InChI=1S/C23H24N4O5/c1-4-32-22(30)15-11-17(14-9-10-14)25-20-19(15)21(29)27(23(31)26(20)3)12-18(28)24-16-8-6-5-7-13(16)2/h5-8,11,14H,4,9-10,12H2,1-3H3,(H,24,28). The molecule has 9 nitrogen and oxygen atoms in total. The maximum Gasteiger partial charge on any atom is 0.339 e. The monoisotopic (exact) mass is 436 g/mol. The number of anilines is 1. The number of benzene rings is 1. The summed E-state index contributed by atoms with van der Waals surface area (Å²) >= 11 is 0. The minimum absolute atomic E-state index is 0.0290. The van der Waals surface area contributed by atoms with Crippen LogP contribution in [0.1, 0.15) is 47.3 Å². The molecule has 1 N–H and O–H groups in total. The molecule has 1 aliphatic carbocycles. The molecule has 1 aromatic carbocycles. The van der Waals surface area contributed by atoms with Crippen molar-refractivity contribution in [3.8, 4) is 0 Å². The van der Waals surface area contributed by atoms with E-state index in [1.54, 1.807) is 25.1 Å². The predicted molar refractivity (Wildman–Crippen MR) is 119 cm³/mol. The Balaban J connectivity index is 1.83. The van der Waals surface area contributed by atoms with Gasteiger partial charge in [0.1, 0.15) is 12.2 Å². The van der Waals surface area contributed by atoms with Crippen LogP contribution in [0.15, 0.2) is 39.9 Å². The topological polar surface area (TPSA) is 112 Å². The third-order valence-electron chi connectivity index (χ3n) is 5.53. The molecular weight excluding hydrogens is 412 g/mol. The second-order valence-corrected chi connectivity index (χ2v) is 7.88. The van der Waals surface area contributed by atoms with E-state index in [1.165, 1.54) is 11.6 Å². The summed E-state index contributed by atoms with van der Waals surface area (Å²) < 4.78 is 7.17. The van der Waals surface area contributed by atoms with Gasteiger partial charge in [0.15, 0.2) is 0 Å². The van der Waals surface area contributed by atoms with Crippen LogP contribution in [0, 0.1) is 6.92 Å². The van der Waals surface area contributed by atoms with Crippen LogP contribution in [-0.4, -0.2) is 32.6 Å². The molecule has 0 unspecified atom stereocenters. The van der Waals surface area contributed by atoms with Crippen molar-refractivity contribution < 1.29 is 14.3 Å². The molecule has 1 saturated carbocycles. The lowest BCUT2D eigenvalue weighted by Crippen LogP contribution is -2.42. The Morgan fingerprint density at radius 2 is 1.94 bits per heavy atom. The van der Waals surface area contributed by atoms with Crippen LogP contribution in [-0.2, 0) is 23.1 Å². The number of esters is 1. The average molecular weight is 436 g/mol. The van der Waals surface area contributed by atoms with E-state index in [0.29, 0.717) is 11.4 Å². The molecule has 0 saturated heterocycles. The van der Waals surface area contributed by atoms with Gasteiger partial charge in [0.2, 0.25) is 5.91 Å². The Hall–Kier alpha value is -3.75. The molecule has 4 rings (SSSR count). The number of hydrogen-bond acceptors (Lipinski definition) is 6. The Labute approximate surface area is 183 Å². The van der Waals surface area contributed by atoms with Gasteiger partial charge in [-0.2, -0.15) is 0 Å². The minimum Gasteiger partial charge on any atom is -0.462 e. The third-order valence-corrected chi connectivity index (χ3v) is 5.53. The van der Waals surface area contributed by atoms with Crippen LogP contribution in [0.2, 0.25) is 0 Å². The fourth-order valence-corrected chi connectivity index (χ4v) is 3.64. The highest BCUT2D eigenvalue weighted by Gasteiger charge is 2.29. The number of rotatable bonds is 6. The summed E-state index contributed by atoms with van der Waals surface area (Å²) in [5, 5.41) is 2.69. The summed E-state index contributed by atoms with van der Waals surface area (Å²) in [5.41, 5.74) is 0.839. The second kappa shape index (κ2) is 8.41. The largest absolute Gasteiger partial charge is 0.462 e. The molecule has 9 heteroatoms. The summed E-state index contributed by atoms with van der Waals surface area (Å²) in [5.74, 6) is -0.989. The van der Waals surface area contributed by atoms with Crippen molar-refractivity contribution in [3.05, 3.63) is 68.0 Å². The van der Waals surface area contributed by atoms with Gasteiger partial charge in [-0.15, -0.1) is 0 Å². The van der Waals surface area contributed by atoms with Crippen LogP contribution < -0.4 is 16.6 Å². The number of pyridine rings is 1. The molecule has 0 radical (unpaired) electrons. The number of ether oxygens (including phenoxy) is 1. The number of aromatic nitrogens is 3. The van der Waals surface area contributed by atoms with E-state index in [4.69, 9.17) is 4.74 Å². The number of nitrogens with zero attached hydrogens (tertiary/aromatic N) is 3. The second-order valence-electron chi connectivity index (χ2n) is 7.88. The first kappa shape index (κ1) is 21.5. The molecule has 0 aliphatic heterocycles. The number of fused-ring (bicyclic) bond motifs is 1. The van der Waals surface area contributed by atoms with Gasteiger partial charge in [-0.25, -0.2) is 14.6 Å². The van der Waals surface area contributed by atoms with Crippen LogP contribution in [0.5, 0.6) is 0 Å². The van der Waals surface area contributed by atoms with Crippen LogP contribution in [0.3, 0.4) is 0 Å². The highest BCUT2D eigenvalue weighted by Crippen LogP contribution is 2.39. The van der Waals surface area contributed by atoms with Gasteiger partial charge in [-0.3, -0.25) is 18.7 Å². The maximum atomic E-state index is 13.3. The molecule has 1 amide bonds. The summed E-state index contributed by atoms with van der Waals surface area (Å²) in [6.45, 7) is 3.15. The van der Waals surface area contributed by atoms with Gasteiger partial charge >= 0.3 is 11.7 Å². The lowest BCUT2D eigenvalue weighted by Gasteiger charge is -2.14.